The smallest absolute Gasteiger partial charge is 0.240 e. The SMILES string of the molecule is COc1ccc(C/C(C)=N\NC(=O)CCSc2ccc(F)cc2)cc1. The van der Waals surface area contributed by atoms with Crippen LogP contribution in [0.4, 0.5) is 4.39 Å². The summed E-state index contributed by atoms with van der Waals surface area (Å²) in [7, 11) is 1.63. The lowest BCUT2D eigenvalue weighted by atomic mass is 10.1. The Morgan fingerprint density at radius 2 is 1.84 bits per heavy atom. The Hall–Kier alpha value is -2.34. The molecule has 1 N–H and O–H groups in total. The molecule has 2 rings (SSSR count). The molecule has 0 radical (unpaired) electrons. The van der Waals surface area contributed by atoms with E-state index in [4.69, 9.17) is 4.74 Å². The number of hydrogen-bond acceptors (Lipinski definition) is 4. The van der Waals surface area contributed by atoms with E-state index in [1.165, 1.54) is 23.9 Å². The summed E-state index contributed by atoms with van der Waals surface area (Å²) in [5.41, 5.74) is 4.50. The monoisotopic (exact) mass is 360 g/mol. The zero-order chi connectivity index (χ0) is 18.1. The Morgan fingerprint density at radius 3 is 2.48 bits per heavy atom. The van der Waals surface area contributed by atoms with Gasteiger partial charge in [0.15, 0.2) is 0 Å². The van der Waals surface area contributed by atoms with Crippen LogP contribution < -0.4 is 10.2 Å². The van der Waals surface area contributed by atoms with Crippen molar-refractivity contribution in [1.29, 1.82) is 0 Å². The number of carbonyl (C=O) groups is 1. The summed E-state index contributed by atoms with van der Waals surface area (Å²) in [6.45, 7) is 1.87. The topological polar surface area (TPSA) is 50.7 Å². The molecule has 0 spiro atoms. The average Bonchev–Trinajstić information content (AvgIpc) is 2.62. The van der Waals surface area contributed by atoms with Crippen LogP contribution >= 0.6 is 11.8 Å². The first-order chi connectivity index (χ1) is 12.1. The zero-order valence-corrected chi connectivity index (χ0v) is 15.1. The molecule has 0 saturated carbocycles. The molecule has 132 valence electrons. The summed E-state index contributed by atoms with van der Waals surface area (Å²) >= 11 is 1.51. The van der Waals surface area contributed by atoms with E-state index < -0.39 is 0 Å². The van der Waals surface area contributed by atoms with Gasteiger partial charge in [0.05, 0.1) is 7.11 Å². The minimum Gasteiger partial charge on any atom is -0.497 e. The van der Waals surface area contributed by atoms with Crippen LogP contribution in [0.15, 0.2) is 58.5 Å². The van der Waals surface area contributed by atoms with Crippen LogP contribution in [-0.4, -0.2) is 24.5 Å². The number of nitrogens with zero attached hydrogens (tertiary/aromatic N) is 1. The van der Waals surface area contributed by atoms with Crippen LogP contribution in [0.3, 0.4) is 0 Å². The van der Waals surface area contributed by atoms with E-state index in [1.807, 2.05) is 31.2 Å². The van der Waals surface area contributed by atoms with Gasteiger partial charge in [0.25, 0.3) is 0 Å². The van der Waals surface area contributed by atoms with Crippen molar-refractivity contribution in [2.24, 2.45) is 5.10 Å². The number of amides is 1. The van der Waals surface area contributed by atoms with Crippen LogP contribution in [0.1, 0.15) is 18.9 Å². The van der Waals surface area contributed by atoms with E-state index in [-0.39, 0.29) is 11.7 Å². The van der Waals surface area contributed by atoms with E-state index in [0.29, 0.717) is 18.6 Å². The molecule has 2 aromatic rings. The average molecular weight is 360 g/mol. The number of hydrogen-bond donors (Lipinski definition) is 1. The van der Waals surface area contributed by atoms with Gasteiger partial charge in [0.1, 0.15) is 11.6 Å². The number of benzene rings is 2. The molecule has 2 aromatic carbocycles. The van der Waals surface area contributed by atoms with Crippen molar-refractivity contribution in [3.8, 4) is 5.75 Å². The summed E-state index contributed by atoms with van der Waals surface area (Å²) in [6, 6.07) is 14.0. The lowest BCUT2D eigenvalue weighted by Gasteiger charge is -2.05. The second kappa shape index (κ2) is 9.84. The van der Waals surface area contributed by atoms with E-state index in [0.717, 1.165) is 21.9 Å². The highest BCUT2D eigenvalue weighted by Crippen LogP contribution is 2.18. The summed E-state index contributed by atoms with van der Waals surface area (Å²) in [4.78, 5) is 12.8. The molecule has 0 unspecified atom stereocenters. The van der Waals surface area contributed by atoms with Crippen molar-refractivity contribution in [2.75, 3.05) is 12.9 Å². The van der Waals surface area contributed by atoms with Crippen molar-refractivity contribution in [2.45, 2.75) is 24.7 Å². The minimum atomic E-state index is -0.260. The number of hydrazone groups is 1. The highest BCUT2D eigenvalue weighted by atomic mass is 32.2. The molecule has 0 aromatic heterocycles. The molecule has 0 fully saturated rings. The predicted molar refractivity (Wildman–Crippen MR) is 99.7 cm³/mol. The minimum absolute atomic E-state index is 0.135. The Kier molecular flexibility index (Phi) is 7.47. The molecule has 1 amide bonds. The maximum absolute atomic E-state index is 12.8. The molecule has 0 aliphatic heterocycles. The number of methoxy groups -OCH3 is 1. The second-order valence-electron chi connectivity index (χ2n) is 5.46. The molecule has 0 aliphatic carbocycles. The van der Waals surface area contributed by atoms with Crippen LogP contribution in [0.5, 0.6) is 5.75 Å². The molecule has 0 saturated heterocycles. The van der Waals surface area contributed by atoms with E-state index in [9.17, 15) is 9.18 Å². The molecule has 0 aliphatic rings. The Balaban J connectivity index is 1.71. The fourth-order valence-electron chi connectivity index (χ4n) is 2.08. The van der Waals surface area contributed by atoms with Crippen molar-refractivity contribution in [3.63, 3.8) is 0 Å². The van der Waals surface area contributed by atoms with Gasteiger partial charge < -0.3 is 4.74 Å². The third-order valence-corrected chi connectivity index (χ3v) is 4.42. The normalized spacial score (nSPS) is 11.2. The van der Waals surface area contributed by atoms with Crippen LogP contribution in [-0.2, 0) is 11.2 Å². The number of nitrogens with one attached hydrogen (secondary N) is 1. The number of thioether (sulfide) groups is 1. The molecular formula is C19H21FN2O2S. The van der Waals surface area contributed by atoms with Crippen molar-refractivity contribution >= 4 is 23.4 Å². The first-order valence-electron chi connectivity index (χ1n) is 7.90. The largest absolute Gasteiger partial charge is 0.497 e. The van der Waals surface area contributed by atoms with Crippen LogP contribution in [0, 0.1) is 5.82 Å². The first-order valence-corrected chi connectivity index (χ1v) is 8.88. The molecule has 6 heteroatoms. The van der Waals surface area contributed by atoms with Gasteiger partial charge in [-0.2, -0.15) is 5.10 Å². The molecule has 0 bridgehead atoms. The van der Waals surface area contributed by atoms with Crippen molar-refractivity contribution < 1.29 is 13.9 Å². The van der Waals surface area contributed by atoms with E-state index in [2.05, 4.69) is 10.5 Å². The Labute approximate surface area is 151 Å². The third-order valence-electron chi connectivity index (χ3n) is 3.40. The second-order valence-corrected chi connectivity index (χ2v) is 6.63. The summed E-state index contributed by atoms with van der Waals surface area (Å²) in [5, 5.41) is 4.13. The number of carbonyl (C=O) groups excluding carboxylic acids is 1. The predicted octanol–water partition coefficient (Wildman–Crippen LogP) is 4.05. The van der Waals surface area contributed by atoms with Crippen LogP contribution in [0.25, 0.3) is 0 Å². The van der Waals surface area contributed by atoms with Gasteiger partial charge >= 0.3 is 0 Å². The fourth-order valence-corrected chi connectivity index (χ4v) is 2.94. The number of rotatable bonds is 8. The molecule has 25 heavy (non-hydrogen) atoms. The maximum atomic E-state index is 12.8. The van der Waals surface area contributed by atoms with E-state index in [1.54, 1.807) is 19.2 Å². The first kappa shape index (κ1) is 19.0. The van der Waals surface area contributed by atoms with Crippen molar-refractivity contribution in [3.05, 3.63) is 59.9 Å². The highest BCUT2D eigenvalue weighted by Gasteiger charge is 2.03. The summed E-state index contributed by atoms with van der Waals surface area (Å²) < 4.78 is 17.9. The molecule has 0 atom stereocenters. The highest BCUT2D eigenvalue weighted by molar-refractivity contribution is 7.99. The molecule has 0 heterocycles. The molecular weight excluding hydrogens is 339 g/mol. The van der Waals surface area contributed by atoms with E-state index >= 15 is 0 Å². The van der Waals surface area contributed by atoms with Gasteiger partial charge in [0, 0.05) is 29.2 Å². The Morgan fingerprint density at radius 1 is 1.16 bits per heavy atom. The lowest BCUT2D eigenvalue weighted by Crippen LogP contribution is -2.19. The fraction of sp³-hybridized carbons (Fsp3) is 0.263. The summed E-state index contributed by atoms with van der Waals surface area (Å²) in [5.74, 6) is 1.03. The quantitative estimate of drug-likeness (QED) is 0.439. The zero-order valence-electron chi connectivity index (χ0n) is 14.3. The van der Waals surface area contributed by atoms with Gasteiger partial charge in [-0.1, -0.05) is 12.1 Å². The van der Waals surface area contributed by atoms with Crippen molar-refractivity contribution in [1.82, 2.24) is 5.43 Å². The van der Waals surface area contributed by atoms with Crippen LogP contribution in [0.2, 0.25) is 0 Å². The number of halogens is 1. The third kappa shape index (κ3) is 6.97. The molecule has 4 nitrogen and oxygen atoms in total. The van der Waals surface area contributed by atoms with Gasteiger partial charge in [-0.05, 0) is 48.9 Å². The van der Waals surface area contributed by atoms with Gasteiger partial charge in [-0.25, -0.2) is 9.82 Å². The van der Waals surface area contributed by atoms with Gasteiger partial charge in [-0.3, -0.25) is 4.79 Å². The maximum Gasteiger partial charge on any atom is 0.240 e. The summed E-state index contributed by atoms with van der Waals surface area (Å²) in [6.07, 6.45) is 1.01. The Bertz CT molecular complexity index is 715. The number of ether oxygens (including phenoxy) is 1. The van der Waals surface area contributed by atoms with Gasteiger partial charge in [0.2, 0.25) is 5.91 Å². The van der Waals surface area contributed by atoms with Gasteiger partial charge in [-0.15, -0.1) is 11.8 Å². The standard InChI is InChI=1S/C19H21FN2O2S/c1-14(13-15-3-7-17(24-2)8-4-15)21-22-19(23)11-12-25-18-9-5-16(20)6-10-18/h3-10H,11-13H2,1-2H3,(H,22,23)/b21-14-. The lowest BCUT2D eigenvalue weighted by molar-refractivity contribution is -0.120.